The molecule has 2 aromatic carbocycles. The summed E-state index contributed by atoms with van der Waals surface area (Å²) in [4.78, 5) is 18.7. The molecule has 0 saturated heterocycles. The van der Waals surface area contributed by atoms with Crippen LogP contribution in [0.25, 0.3) is 17.0 Å². The van der Waals surface area contributed by atoms with E-state index in [0.717, 1.165) is 48.9 Å². The monoisotopic (exact) mass is 512 g/mol. The number of para-hydroxylation sites is 1. The molecule has 0 spiro atoms. The first-order chi connectivity index (χ1) is 15.6. The number of halogens is 1. The van der Waals surface area contributed by atoms with Crippen LogP contribution in [0.2, 0.25) is 0 Å². The van der Waals surface area contributed by atoms with E-state index in [9.17, 15) is 4.79 Å². The highest BCUT2D eigenvalue weighted by Gasteiger charge is 2.27. The van der Waals surface area contributed by atoms with E-state index in [0.29, 0.717) is 11.1 Å². The van der Waals surface area contributed by atoms with Crippen LogP contribution < -0.4 is 15.4 Å². The van der Waals surface area contributed by atoms with E-state index in [1.165, 1.54) is 10.6 Å². The molecule has 1 aliphatic rings. The summed E-state index contributed by atoms with van der Waals surface area (Å²) >= 11 is 5.36. The quantitative estimate of drug-likeness (QED) is 0.179. The Labute approximate surface area is 202 Å². The van der Waals surface area contributed by atoms with Crippen molar-refractivity contribution in [1.82, 2.24) is 0 Å². The average Bonchev–Trinajstić information content (AvgIpc) is 3.16. The van der Waals surface area contributed by atoms with Crippen LogP contribution >= 0.6 is 27.7 Å². The second-order valence-corrected chi connectivity index (χ2v) is 9.76. The van der Waals surface area contributed by atoms with Gasteiger partial charge in [-0.3, -0.25) is 0 Å². The van der Waals surface area contributed by atoms with Crippen LogP contribution in [0.4, 0.5) is 11.4 Å². The van der Waals surface area contributed by atoms with Crippen molar-refractivity contribution in [1.29, 1.82) is 0 Å². The lowest BCUT2D eigenvalue weighted by atomic mass is 10.1. The summed E-state index contributed by atoms with van der Waals surface area (Å²) in [7, 11) is 0. The molecule has 0 N–H and O–H groups in total. The number of hydrogen-bond donors (Lipinski definition) is 0. The van der Waals surface area contributed by atoms with Crippen LogP contribution in [0.5, 0.6) is 0 Å². The lowest BCUT2D eigenvalue weighted by molar-refractivity contribution is 0.559. The van der Waals surface area contributed by atoms with Crippen molar-refractivity contribution in [2.75, 3.05) is 34.8 Å². The van der Waals surface area contributed by atoms with Gasteiger partial charge in [-0.15, -0.1) is 0 Å². The fourth-order valence-electron chi connectivity index (χ4n) is 4.10. The van der Waals surface area contributed by atoms with Crippen LogP contribution in [0, 0.1) is 0 Å². The molecule has 2 heterocycles. The van der Waals surface area contributed by atoms with Gasteiger partial charge in [0.2, 0.25) is 0 Å². The van der Waals surface area contributed by atoms with Gasteiger partial charge in [0.1, 0.15) is 5.58 Å². The maximum atomic E-state index is 12.7. The summed E-state index contributed by atoms with van der Waals surface area (Å²) in [5, 5.41) is 2.13. The molecule has 0 amide bonds. The van der Waals surface area contributed by atoms with Gasteiger partial charge in [0.15, 0.2) is 0 Å². The fraction of sp³-hybridized carbons (Fsp3) is 0.346. The number of unbranched alkanes of at least 4 members (excludes halogenated alkanes) is 1. The van der Waals surface area contributed by atoms with Gasteiger partial charge >= 0.3 is 5.63 Å². The van der Waals surface area contributed by atoms with E-state index >= 15 is 0 Å². The Morgan fingerprint density at radius 1 is 1.12 bits per heavy atom. The van der Waals surface area contributed by atoms with Crippen LogP contribution in [0.1, 0.15) is 32.3 Å². The standard InChI is InChI=1S/C26H29BrN2O2S/c1-3-28(4-2)21-13-11-19-17-20(26(30)31-23(19)18-21)12-14-25-29(16-8-7-15-27)22-9-5-6-10-24(22)32-25/h5-6,9-14,17-18,25H,3-4,7-8,15-16H2,1-2H3/b14-12+. The third-order valence-corrected chi connectivity index (χ3v) is 7.64. The molecular formula is C26H29BrN2O2S. The number of thioether (sulfide) groups is 1. The fourth-order valence-corrected chi connectivity index (χ4v) is 5.72. The SMILES string of the molecule is CCN(CC)c1ccc2cc(/C=C/C3Sc4ccccc4N3CCCCBr)c(=O)oc2c1. The van der Waals surface area contributed by atoms with Gasteiger partial charge in [-0.2, -0.15) is 0 Å². The van der Waals surface area contributed by atoms with Gasteiger partial charge in [-0.25, -0.2) is 4.79 Å². The Kier molecular flexibility index (Phi) is 7.63. The van der Waals surface area contributed by atoms with Crippen LogP contribution in [-0.2, 0) is 0 Å². The molecule has 0 aliphatic carbocycles. The van der Waals surface area contributed by atoms with Crippen molar-refractivity contribution < 1.29 is 4.42 Å². The van der Waals surface area contributed by atoms with Crippen LogP contribution in [-0.4, -0.2) is 30.3 Å². The molecule has 32 heavy (non-hydrogen) atoms. The summed E-state index contributed by atoms with van der Waals surface area (Å²) in [5.74, 6) is 0. The minimum Gasteiger partial charge on any atom is -0.422 e. The van der Waals surface area contributed by atoms with Crippen molar-refractivity contribution in [3.05, 3.63) is 70.6 Å². The van der Waals surface area contributed by atoms with Crippen LogP contribution in [0.15, 0.2) is 68.7 Å². The molecule has 1 aliphatic heterocycles. The molecule has 4 nitrogen and oxygen atoms in total. The van der Waals surface area contributed by atoms with Crippen molar-refractivity contribution in [3.63, 3.8) is 0 Å². The molecule has 4 rings (SSSR count). The molecule has 1 unspecified atom stereocenters. The second-order valence-electron chi connectivity index (χ2n) is 7.81. The highest BCUT2D eigenvalue weighted by Crippen LogP contribution is 2.44. The van der Waals surface area contributed by atoms with Gasteiger partial charge in [-0.1, -0.05) is 45.9 Å². The number of anilines is 2. The Morgan fingerprint density at radius 2 is 1.94 bits per heavy atom. The molecule has 0 fully saturated rings. The van der Waals surface area contributed by atoms with E-state index in [1.54, 1.807) is 0 Å². The third-order valence-electron chi connectivity index (χ3n) is 5.83. The maximum absolute atomic E-state index is 12.7. The predicted molar refractivity (Wildman–Crippen MR) is 142 cm³/mol. The molecule has 0 bridgehead atoms. The number of rotatable bonds is 9. The van der Waals surface area contributed by atoms with Gasteiger partial charge in [0, 0.05) is 47.0 Å². The largest absolute Gasteiger partial charge is 0.422 e. The molecule has 168 valence electrons. The van der Waals surface area contributed by atoms with Crippen molar-refractivity contribution in [2.24, 2.45) is 0 Å². The smallest absolute Gasteiger partial charge is 0.343 e. The number of alkyl halides is 1. The highest BCUT2D eigenvalue weighted by atomic mass is 79.9. The number of nitrogens with zero attached hydrogens (tertiary/aromatic N) is 2. The minimum absolute atomic E-state index is 0.169. The lowest BCUT2D eigenvalue weighted by Gasteiger charge is -2.24. The Hall–Kier alpha value is -2.18. The second kappa shape index (κ2) is 10.6. The topological polar surface area (TPSA) is 36.7 Å². The zero-order chi connectivity index (χ0) is 22.5. The molecule has 0 saturated carbocycles. The minimum atomic E-state index is -0.295. The van der Waals surface area contributed by atoms with Crippen molar-refractivity contribution in [2.45, 2.75) is 37.0 Å². The van der Waals surface area contributed by atoms with Crippen molar-refractivity contribution in [3.8, 4) is 0 Å². The van der Waals surface area contributed by atoms with E-state index in [4.69, 9.17) is 4.42 Å². The summed E-state index contributed by atoms with van der Waals surface area (Å²) < 4.78 is 5.70. The van der Waals surface area contributed by atoms with Gasteiger partial charge in [-0.05, 0) is 63.1 Å². The molecular weight excluding hydrogens is 484 g/mol. The summed E-state index contributed by atoms with van der Waals surface area (Å²) in [6.07, 6.45) is 6.31. The molecule has 1 aromatic heterocycles. The third kappa shape index (κ3) is 4.91. The molecule has 1 atom stereocenters. The molecule has 6 heteroatoms. The maximum Gasteiger partial charge on any atom is 0.343 e. The van der Waals surface area contributed by atoms with Crippen LogP contribution in [0.3, 0.4) is 0 Å². The average molecular weight is 514 g/mol. The van der Waals surface area contributed by atoms with Gasteiger partial charge in [0.25, 0.3) is 0 Å². The first-order valence-corrected chi connectivity index (χ1v) is 13.2. The number of benzene rings is 2. The van der Waals surface area contributed by atoms with E-state index < -0.39 is 0 Å². The Bertz CT molecular complexity index is 1160. The Morgan fingerprint density at radius 3 is 2.72 bits per heavy atom. The predicted octanol–water partition coefficient (Wildman–Crippen LogP) is 6.77. The zero-order valence-electron chi connectivity index (χ0n) is 18.6. The van der Waals surface area contributed by atoms with Gasteiger partial charge < -0.3 is 14.2 Å². The first kappa shape index (κ1) is 23.0. The Balaban J connectivity index is 1.59. The summed E-state index contributed by atoms with van der Waals surface area (Å²) in [5.41, 5.74) is 3.28. The molecule has 3 aromatic rings. The summed E-state index contributed by atoms with van der Waals surface area (Å²) in [6.45, 7) is 7.08. The highest BCUT2D eigenvalue weighted by molar-refractivity contribution is 9.09. The molecule has 0 radical (unpaired) electrons. The summed E-state index contributed by atoms with van der Waals surface area (Å²) in [6, 6.07) is 16.6. The first-order valence-electron chi connectivity index (χ1n) is 11.2. The number of fused-ring (bicyclic) bond motifs is 2. The van der Waals surface area contributed by atoms with E-state index in [2.05, 4.69) is 76.0 Å². The van der Waals surface area contributed by atoms with E-state index in [-0.39, 0.29) is 11.0 Å². The zero-order valence-corrected chi connectivity index (χ0v) is 21.0. The lowest BCUT2D eigenvalue weighted by Crippen LogP contribution is -2.28. The normalized spacial score (nSPS) is 15.6. The van der Waals surface area contributed by atoms with Crippen molar-refractivity contribution >= 4 is 56.1 Å². The number of hydrogen-bond acceptors (Lipinski definition) is 5. The van der Waals surface area contributed by atoms with Gasteiger partial charge in [0.05, 0.1) is 16.6 Å². The van der Waals surface area contributed by atoms with E-state index in [1.807, 2.05) is 36.0 Å².